The summed E-state index contributed by atoms with van der Waals surface area (Å²) in [6.45, 7) is 2.21. The van der Waals surface area contributed by atoms with Gasteiger partial charge < -0.3 is 15.4 Å². The number of anilines is 1. The minimum atomic E-state index is 0.241. The Morgan fingerprint density at radius 2 is 2.24 bits per heavy atom. The number of aryl methyl sites for hydroxylation is 1. The summed E-state index contributed by atoms with van der Waals surface area (Å²) in [6, 6.07) is 7.57. The molecular weight excluding hydrogens is 264 g/mol. The summed E-state index contributed by atoms with van der Waals surface area (Å²) < 4.78 is 5.10. The Labute approximate surface area is 125 Å². The van der Waals surface area contributed by atoms with Gasteiger partial charge >= 0.3 is 0 Å². The van der Waals surface area contributed by atoms with Gasteiger partial charge in [-0.05, 0) is 36.9 Å². The van der Waals surface area contributed by atoms with Gasteiger partial charge in [0.15, 0.2) is 0 Å². The highest BCUT2D eigenvalue weighted by molar-refractivity contribution is 6.06. The van der Waals surface area contributed by atoms with Gasteiger partial charge in [-0.1, -0.05) is 12.1 Å². The third kappa shape index (κ3) is 5.13. The van der Waals surface area contributed by atoms with Crippen LogP contribution in [0.3, 0.4) is 0 Å². The van der Waals surface area contributed by atoms with Crippen molar-refractivity contribution >= 4 is 11.5 Å². The van der Waals surface area contributed by atoms with Crippen LogP contribution in [0.4, 0.5) is 5.69 Å². The standard InChI is InChI=1S/C16H20N4O/c1-12-6-7-15(9-14(12)10-17)20-16(18)13(11-21-3)5-4-8-19-2/h4-9,19H,11H2,1-3H3,(H2,18,20)/b8-4-,13-5+. The molecule has 0 unspecified atom stereocenters. The number of hydrogen-bond acceptors (Lipinski definition) is 4. The second-order valence-corrected chi connectivity index (χ2v) is 4.41. The monoisotopic (exact) mass is 284 g/mol. The SMILES string of the molecule is CN/C=C\C=C(/COC)C(=N)Nc1ccc(C)c(C#N)c1. The van der Waals surface area contributed by atoms with Gasteiger partial charge in [0.1, 0.15) is 5.84 Å². The highest BCUT2D eigenvalue weighted by atomic mass is 16.5. The van der Waals surface area contributed by atoms with Gasteiger partial charge in [0.05, 0.1) is 18.2 Å². The summed E-state index contributed by atoms with van der Waals surface area (Å²) in [6.07, 6.45) is 5.37. The highest BCUT2D eigenvalue weighted by Crippen LogP contribution is 2.15. The third-order valence-electron chi connectivity index (χ3n) is 2.81. The Bertz CT molecular complexity index is 597. The number of methoxy groups -OCH3 is 1. The summed E-state index contributed by atoms with van der Waals surface area (Å²) in [5.74, 6) is 0.241. The molecule has 1 aromatic carbocycles. The van der Waals surface area contributed by atoms with E-state index in [0.717, 1.165) is 5.56 Å². The number of benzene rings is 1. The molecule has 110 valence electrons. The van der Waals surface area contributed by atoms with Crippen molar-refractivity contribution in [1.82, 2.24) is 5.32 Å². The van der Waals surface area contributed by atoms with Crippen molar-refractivity contribution in [3.05, 3.63) is 53.3 Å². The Kier molecular flexibility index (Phi) is 6.72. The van der Waals surface area contributed by atoms with E-state index in [0.29, 0.717) is 23.4 Å². The van der Waals surface area contributed by atoms with Crippen LogP contribution >= 0.6 is 0 Å². The Morgan fingerprint density at radius 1 is 1.48 bits per heavy atom. The van der Waals surface area contributed by atoms with Gasteiger partial charge in [-0.15, -0.1) is 0 Å². The van der Waals surface area contributed by atoms with Crippen molar-refractivity contribution in [1.29, 1.82) is 10.7 Å². The van der Waals surface area contributed by atoms with E-state index in [2.05, 4.69) is 16.7 Å². The molecule has 21 heavy (non-hydrogen) atoms. The molecule has 0 aliphatic rings. The predicted molar refractivity (Wildman–Crippen MR) is 85.4 cm³/mol. The van der Waals surface area contributed by atoms with Crippen molar-refractivity contribution in [3.8, 4) is 6.07 Å². The van der Waals surface area contributed by atoms with Crippen LogP contribution in [-0.2, 0) is 4.74 Å². The first-order valence-electron chi connectivity index (χ1n) is 6.51. The fraction of sp³-hybridized carbons (Fsp3) is 0.250. The first kappa shape index (κ1) is 16.5. The molecule has 0 radical (unpaired) electrons. The second kappa shape index (κ2) is 8.56. The lowest BCUT2D eigenvalue weighted by Crippen LogP contribution is -2.17. The highest BCUT2D eigenvalue weighted by Gasteiger charge is 2.06. The summed E-state index contributed by atoms with van der Waals surface area (Å²) in [5, 5.41) is 23.0. The lowest BCUT2D eigenvalue weighted by molar-refractivity contribution is 0.229. The number of nitrogens with one attached hydrogen (secondary N) is 3. The molecule has 0 atom stereocenters. The lowest BCUT2D eigenvalue weighted by atomic mass is 10.1. The molecule has 0 heterocycles. The van der Waals surface area contributed by atoms with Gasteiger partial charge in [-0.2, -0.15) is 5.26 Å². The van der Waals surface area contributed by atoms with E-state index >= 15 is 0 Å². The van der Waals surface area contributed by atoms with Gasteiger partial charge in [-0.25, -0.2) is 0 Å². The number of nitriles is 1. The van der Waals surface area contributed by atoms with Gasteiger partial charge in [0, 0.05) is 25.4 Å². The fourth-order valence-electron chi connectivity index (χ4n) is 1.66. The van der Waals surface area contributed by atoms with E-state index < -0.39 is 0 Å². The van der Waals surface area contributed by atoms with Crippen LogP contribution in [0, 0.1) is 23.7 Å². The zero-order valence-corrected chi connectivity index (χ0v) is 12.5. The number of nitrogens with zero attached hydrogens (tertiary/aromatic N) is 1. The minimum absolute atomic E-state index is 0.241. The molecule has 0 saturated carbocycles. The fourth-order valence-corrected chi connectivity index (χ4v) is 1.66. The first-order chi connectivity index (χ1) is 10.1. The van der Waals surface area contributed by atoms with E-state index in [1.54, 1.807) is 38.6 Å². The third-order valence-corrected chi connectivity index (χ3v) is 2.81. The maximum Gasteiger partial charge on any atom is 0.128 e. The van der Waals surface area contributed by atoms with Gasteiger partial charge in [0.2, 0.25) is 0 Å². The molecule has 3 N–H and O–H groups in total. The van der Waals surface area contributed by atoms with Crippen LogP contribution in [0.2, 0.25) is 0 Å². The number of ether oxygens (including phenoxy) is 1. The quantitative estimate of drug-likeness (QED) is 0.426. The largest absolute Gasteiger partial charge is 0.394 e. The summed E-state index contributed by atoms with van der Waals surface area (Å²) in [4.78, 5) is 0. The van der Waals surface area contributed by atoms with Crippen LogP contribution in [0.25, 0.3) is 0 Å². The topological polar surface area (TPSA) is 80.9 Å². The average molecular weight is 284 g/mol. The van der Waals surface area contributed by atoms with E-state index in [-0.39, 0.29) is 5.84 Å². The lowest BCUT2D eigenvalue weighted by Gasteiger charge is -2.11. The summed E-state index contributed by atoms with van der Waals surface area (Å²) in [5.41, 5.74) is 2.93. The molecule has 0 amide bonds. The Morgan fingerprint density at radius 3 is 2.86 bits per heavy atom. The van der Waals surface area contributed by atoms with Crippen molar-refractivity contribution in [2.45, 2.75) is 6.92 Å². The molecule has 5 nitrogen and oxygen atoms in total. The molecule has 5 heteroatoms. The molecule has 1 rings (SSSR count). The van der Waals surface area contributed by atoms with Crippen molar-refractivity contribution in [3.63, 3.8) is 0 Å². The van der Waals surface area contributed by atoms with Crippen molar-refractivity contribution < 1.29 is 4.74 Å². The summed E-state index contributed by atoms with van der Waals surface area (Å²) >= 11 is 0. The zero-order chi connectivity index (χ0) is 15.7. The van der Waals surface area contributed by atoms with Crippen molar-refractivity contribution in [2.75, 3.05) is 26.1 Å². The van der Waals surface area contributed by atoms with Crippen LogP contribution in [0.15, 0.2) is 42.1 Å². The normalized spacial score (nSPS) is 11.2. The first-order valence-corrected chi connectivity index (χ1v) is 6.51. The van der Waals surface area contributed by atoms with Crippen LogP contribution in [-0.4, -0.2) is 26.6 Å². The number of hydrogen-bond donors (Lipinski definition) is 3. The summed E-state index contributed by atoms with van der Waals surface area (Å²) in [7, 11) is 3.39. The van der Waals surface area contributed by atoms with Gasteiger partial charge in [-0.3, -0.25) is 5.41 Å². The number of amidine groups is 1. The van der Waals surface area contributed by atoms with E-state index in [1.807, 2.05) is 19.1 Å². The van der Waals surface area contributed by atoms with E-state index in [1.165, 1.54) is 0 Å². The maximum absolute atomic E-state index is 9.03. The smallest absolute Gasteiger partial charge is 0.128 e. The molecule has 0 aliphatic carbocycles. The number of allylic oxidation sites excluding steroid dienone is 2. The van der Waals surface area contributed by atoms with Gasteiger partial charge in [0.25, 0.3) is 0 Å². The molecule has 0 saturated heterocycles. The molecule has 0 fully saturated rings. The van der Waals surface area contributed by atoms with E-state index in [9.17, 15) is 0 Å². The number of rotatable bonds is 6. The van der Waals surface area contributed by atoms with Crippen LogP contribution in [0.5, 0.6) is 0 Å². The zero-order valence-electron chi connectivity index (χ0n) is 12.5. The Balaban J connectivity index is 2.89. The minimum Gasteiger partial charge on any atom is -0.394 e. The van der Waals surface area contributed by atoms with Crippen molar-refractivity contribution in [2.24, 2.45) is 0 Å². The molecule has 1 aromatic rings. The maximum atomic E-state index is 9.03. The molecule has 0 aromatic heterocycles. The molecule has 0 aliphatic heterocycles. The molecule has 0 bridgehead atoms. The second-order valence-electron chi connectivity index (χ2n) is 4.41. The van der Waals surface area contributed by atoms with Crippen LogP contribution in [0.1, 0.15) is 11.1 Å². The predicted octanol–water partition coefficient (Wildman–Crippen LogP) is 2.56. The van der Waals surface area contributed by atoms with E-state index in [4.69, 9.17) is 15.4 Å². The molecule has 0 spiro atoms. The average Bonchev–Trinajstić information content (AvgIpc) is 2.48. The van der Waals surface area contributed by atoms with Crippen LogP contribution < -0.4 is 10.6 Å². The Hall–Kier alpha value is -2.58. The molecular formula is C16H20N4O.